The minimum Gasteiger partial charge on any atom is -0.339 e. The van der Waals surface area contributed by atoms with Crippen LogP contribution in [0, 0.1) is 6.92 Å². The maximum absolute atomic E-state index is 11.2. The molecule has 2 heterocycles. The van der Waals surface area contributed by atoms with Crippen molar-refractivity contribution in [1.82, 2.24) is 14.7 Å². The molecule has 0 saturated carbocycles. The SMILES string of the molecule is C/C=C/C.CC(=O)N1CC(n2ncc3ccc(C)cc32)C1. The number of carbonyl (C=O) groups excluding carboxylic acids is 1. The van der Waals surface area contributed by atoms with Gasteiger partial charge < -0.3 is 4.90 Å². The molecule has 0 bridgehead atoms. The molecular weight excluding hydrogens is 262 g/mol. The van der Waals surface area contributed by atoms with Crippen LogP contribution in [-0.2, 0) is 4.79 Å². The van der Waals surface area contributed by atoms with Gasteiger partial charge in [-0.3, -0.25) is 9.48 Å². The molecule has 1 aromatic carbocycles. The molecule has 0 atom stereocenters. The third-order valence-electron chi connectivity index (χ3n) is 3.74. The summed E-state index contributed by atoms with van der Waals surface area (Å²) < 4.78 is 2.04. The molecule has 1 fully saturated rings. The van der Waals surface area contributed by atoms with Crippen LogP contribution in [0.25, 0.3) is 10.9 Å². The topological polar surface area (TPSA) is 38.1 Å². The molecule has 1 aliphatic heterocycles. The van der Waals surface area contributed by atoms with E-state index in [4.69, 9.17) is 0 Å². The Labute approximate surface area is 126 Å². The second-order valence-electron chi connectivity index (χ2n) is 5.40. The first-order valence-corrected chi connectivity index (χ1v) is 7.33. The molecule has 3 rings (SSSR count). The number of benzene rings is 1. The minimum atomic E-state index is 0.147. The van der Waals surface area contributed by atoms with E-state index >= 15 is 0 Å². The van der Waals surface area contributed by atoms with Crippen molar-refractivity contribution in [3.05, 3.63) is 42.1 Å². The highest BCUT2D eigenvalue weighted by Crippen LogP contribution is 2.25. The number of carbonyl (C=O) groups is 1. The van der Waals surface area contributed by atoms with Gasteiger partial charge in [0.1, 0.15) is 0 Å². The van der Waals surface area contributed by atoms with Gasteiger partial charge in [0.2, 0.25) is 5.91 Å². The van der Waals surface area contributed by atoms with Crippen LogP contribution in [0.4, 0.5) is 0 Å². The highest BCUT2D eigenvalue weighted by molar-refractivity contribution is 5.79. The van der Waals surface area contributed by atoms with Crippen LogP contribution in [0.2, 0.25) is 0 Å². The Morgan fingerprint density at radius 3 is 2.52 bits per heavy atom. The highest BCUT2D eigenvalue weighted by atomic mass is 16.2. The predicted molar refractivity (Wildman–Crippen MR) is 86.2 cm³/mol. The van der Waals surface area contributed by atoms with Gasteiger partial charge in [0.15, 0.2) is 0 Å². The average molecular weight is 285 g/mol. The number of allylic oxidation sites excluding steroid dienone is 2. The molecule has 4 nitrogen and oxygen atoms in total. The summed E-state index contributed by atoms with van der Waals surface area (Å²) >= 11 is 0. The molecular formula is C17H23N3O. The number of hydrogen-bond acceptors (Lipinski definition) is 2. The summed E-state index contributed by atoms with van der Waals surface area (Å²) in [6.45, 7) is 9.25. The molecule has 2 aromatic rings. The first-order chi connectivity index (χ1) is 10.1. The van der Waals surface area contributed by atoms with Gasteiger partial charge in [0, 0.05) is 25.4 Å². The van der Waals surface area contributed by atoms with Crippen LogP contribution in [-0.4, -0.2) is 33.7 Å². The second-order valence-corrected chi connectivity index (χ2v) is 5.40. The zero-order valence-corrected chi connectivity index (χ0v) is 13.2. The number of amides is 1. The third kappa shape index (κ3) is 3.32. The van der Waals surface area contributed by atoms with Crippen molar-refractivity contribution < 1.29 is 4.79 Å². The number of aromatic nitrogens is 2. The fourth-order valence-corrected chi connectivity index (χ4v) is 2.31. The molecule has 0 aliphatic carbocycles. The lowest BCUT2D eigenvalue weighted by atomic mass is 10.1. The zero-order valence-electron chi connectivity index (χ0n) is 13.2. The molecule has 21 heavy (non-hydrogen) atoms. The second kappa shape index (κ2) is 6.57. The van der Waals surface area contributed by atoms with E-state index in [0.717, 1.165) is 18.5 Å². The fourth-order valence-electron chi connectivity index (χ4n) is 2.31. The van der Waals surface area contributed by atoms with Gasteiger partial charge in [0.25, 0.3) is 0 Å². The number of fused-ring (bicyclic) bond motifs is 1. The smallest absolute Gasteiger partial charge is 0.219 e. The van der Waals surface area contributed by atoms with E-state index in [0.29, 0.717) is 6.04 Å². The van der Waals surface area contributed by atoms with Crippen LogP contribution >= 0.6 is 0 Å². The van der Waals surface area contributed by atoms with Crippen LogP contribution in [0.3, 0.4) is 0 Å². The average Bonchev–Trinajstić information content (AvgIpc) is 2.80. The molecule has 0 radical (unpaired) electrons. The Morgan fingerprint density at radius 1 is 1.29 bits per heavy atom. The Balaban J connectivity index is 0.000000361. The van der Waals surface area contributed by atoms with Crippen molar-refractivity contribution in [3.63, 3.8) is 0 Å². The summed E-state index contributed by atoms with van der Waals surface area (Å²) in [6.07, 6.45) is 5.89. The van der Waals surface area contributed by atoms with E-state index in [2.05, 4.69) is 30.2 Å². The maximum Gasteiger partial charge on any atom is 0.219 e. The summed E-state index contributed by atoms with van der Waals surface area (Å²) in [5.74, 6) is 0.147. The number of likely N-dealkylation sites (tertiary alicyclic amines) is 1. The van der Waals surface area contributed by atoms with Crippen molar-refractivity contribution in [2.24, 2.45) is 0 Å². The van der Waals surface area contributed by atoms with E-state index in [9.17, 15) is 4.79 Å². The molecule has 0 unspecified atom stereocenters. The predicted octanol–water partition coefficient (Wildman–Crippen LogP) is 3.33. The van der Waals surface area contributed by atoms with Crippen LogP contribution in [0.1, 0.15) is 32.4 Å². The molecule has 1 aliphatic rings. The van der Waals surface area contributed by atoms with Crippen LogP contribution in [0.15, 0.2) is 36.5 Å². The van der Waals surface area contributed by atoms with Gasteiger partial charge in [0.05, 0.1) is 17.8 Å². The van der Waals surface area contributed by atoms with Gasteiger partial charge in [-0.15, -0.1) is 0 Å². The van der Waals surface area contributed by atoms with Crippen molar-refractivity contribution in [2.75, 3.05) is 13.1 Å². The van der Waals surface area contributed by atoms with Gasteiger partial charge in [-0.2, -0.15) is 5.10 Å². The van der Waals surface area contributed by atoms with E-state index in [1.54, 1.807) is 6.92 Å². The van der Waals surface area contributed by atoms with Crippen molar-refractivity contribution in [2.45, 2.75) is 33.7 Å². The van der Waals surface area contributed by atoms with Crippen LogP contribution in [0.5, 0.6) is 0 Å². The third-order valence-corrected chi connectivity index (χ3v) is 3.74. The maximum atomic E-state index is 11.2. The minimum absolute atomic E-state index is 0.147. The van der Waals surface area contributed by atoms with E-state index in [1.165, 1.54) is 11.1 Å². The fraction of sp³-hybridized carbons (Fsp3) is 0.412. The van der Waals surface area contributed by atoms with Crippen molar-refractivity contribution in [1.29, 1.82) is 0 Å². The van der Waals surface area contributed by atoms with Gasteiger partial charge in [-0.25, -0.2) is 0 Å². The van der Waals surface area contributed by atoms with Gasteiger partial charge in [-0.1, -0.05) is 24.3 Å². The van der Waals surface area contributed by atoms with E-state index in [1.807, 2.05) is 41.8 Å². The standard InChI is InChI=1S/C13H15N3O.C4H8/c1-9-3-4-11-6-14-16(13(11)5-9)12-7-15(8-12)10(2)17;1-3-4-2/h3-6,12H,7-8H2,1-2H3;3-4H,1-2H3/b;4-3+. The van der Waals surface area contributed by atoms with Gasteiger partial charge >= 0.3 is 0 Å². The summed E-state index contributed by atoms with van der Waals surface area (Å²) in [5.41, 5.74) is 2.40. The molecule has 1 saturated heterocycles. The Morgan fingerprint density at radius 2 is 1.95 bits per heavy atom. The molecule has 1 aromatic heterocycles. The molecule has 112 valence electrons. The lowest BCUT2D eigenvalue weighted by Gasteiger charge is -2.38. The van der Waals surface area contributed by atoms with E-state index in [-0.39, 0.29) is 5.91 Å². The van der Waals surface area contributed by atoms with Crippen molar-refractivity contribution in [3.8, 4) is 0 Å². The quantitative estimate of drug-likeness (QED) is 0.754. The number of nitrogens with zero attached hydrogens (tertiary/aromatic N) is 3. The largest absolute Gasteiger partial charge is 0.339 e. The Hall–Kier alpha value is -2.10. The van der Waals surface area contributed by atoms with Gasteiger partial charge in [-0.05, 0) is 32.4 Å². The molecule has 0 spiro atoms. The first-order valence-electron chi connectivity index (χ1n) is 7.33. The lowest BCUT2D eigenvalue weighted by molar-refractivity contribution is -0.134. The summed E-state index contributed by atoms with van der Waals surface area (Å²) in [6, 6.07) is 6.67. The molecule has 0 N–H and O–H groups in total. The Bertz CT molecular complexity index is 647. The normalized spacial score (nSPS) is 15.0. The number of rotatable bonds is 1. The summed E-state index contributed by atoms with van der Waals surface area (Å²) in [7, 11) is 0. The van der Waals surface area contributed by atoms with Crippen molar-refractivity contribution >= 4 is 16.8 Å². The Kier molecular flexibility index (Phi) is 4.78. The monoisotopic (exact) mass is 285 g/mol. The first kappa shape index (κ1) is 15.3. The molecule has 4 heteroatoms. The number of aryl methyl sites for hydroxylation is 1. The molecule has 1 amide bonds. The van der Waals surface area contributed by atoms with Crippen LogP contribution < -0.4 is 0 Å². The van der Waals surface area contributed by atoms with E-state index < -0.39 is 0 Å². The lowest BCUT2D eigenvalue weighted by Crippen LogP contribution is -2.50. The highest BCUT2D eigenvalue weighted by Gasteiger charge is 2.31. The summed E-state index contributed by atoms with van der Waals surface area (Å²) in [5, 5.41) is 5.59. The number of hydrogen-bond donors (Lipinski definition) is 0. The zero-order chi connectivity index (χ0) is 15.4. The summed E-state index contributed by atoms with van der Waals surface area (Å²) in [4.78, 5) is 13.0.